The van der Waals surface area contributed by atoms with Crippen molar-refractivity contribution in [2.24, 2.45) is 0 Å². The molecule has 1 atom stereocenters. The molecule has 0 saturated carbocycles. The molecule has 3 heteroatoms. The highest BCUT2D eigenvalue weighted by molar-refractivity contribution is 5.21. The maximum atomic E-state index is 9.76. The van der Waals surface area contributed by atoms with Crippen molar-refractivity contribution < 1.29 is 14.6 Å². The fraction of sp³-hybridized carbons (Fsp3) is 0.222. The van der Waals surface area contributed by atoms with Crippen LogP contribution in [0.2, 0.25) is 0 Å². The van der Waals surface area contributed by atoms with Crippen LogP contribution in [0.15, 0.2) is 72.8 Å². The van der Waals surface area contributed by atoms with Gasteiger partial charge in [-0.2, -0.15) is 0 Å². The second-order valence-corrected chi connectivity index (χ2v) is 4.62. The van der Waals surface area contributed by atoms with E-state index in [1.807, 2.05) is 60.7 Å². The first kappa shape index (κ1) is 15.3. The van der Waals surface area contributed by atoms with Gasteiger partial charge in [0.1, 0.15) is 12.4 Å². The lowest BCUT2D eigenvalue weighted by atomic mass is 10.2. The number of hydrogen-bond acceptors (Lipinski definition) is 3. The zero-order chi connectivity index (χ0) is 14.8. The van der Waals surface area contributed by atoms with Crippen LogP contribution in [-0.2, 0) is 11.3 Å². The average molecular weight is 284 g/mol. The van der Waals surface area contributed by atoms with Crippen molar-refractivity contribution in [3.8, 4) is 5.75 Å². The predicted molar refractivity (Wildman–Crippen MR) is 83.2 cm³/mol. The van der Waals surface area contributed by atoms with Gasteiger partial charge in [-0.1, -0.05) is 54.6 Å². The molecule has 2 rings (SSSR count). The SMILES string of the molecule is O[C@@H](/C=C/COc1ccccc1)COCc1ccccc1. The van der Waals surface area contributed by atoms with Crippen LogP contribution in [0.3, 0.4) is 0 Å². The molecule has 0 aliphatic heterocycles. The van der Waals surface area contributed by atoms with Crippen LogP contribution in [0.4, 0.5) is 0 Å². The zero-order valence-electron chi connectivity index (χ0n) is 11.9. The minimum atomic E-state index is -0.618. The van der Waals surface area contributed by atoms with Crippen molar-refractivity contribution in [2.75, 3.05) is 13.2 Å². The van der Waals surface area contributed by atoms with E-state index in [0.717, 1.165) is 11.3 Å². The highest BCUT2D eigenvalue weighted by Gasteiger charge is 1.99. The van der Waals surface area contributed by atoms with Gasteiger partial charge in [-0.05, 0) is 23.8 Å². The van der Waals surface area contributed by atoms with Crippen molar-refractivity contribution in [3.63, 3.8) is 0 Å². The zero-order valence-corrected chi connectivity index (χ0v) is 11.9. The normalized spacial score (nSPS) is 12.4. The first-order chi connectivity index (χ1) is 10.3. The molecule has 2 aromatic rings. The number of para-hydroxylation sites is 1. The molecule has 0 bridgehead atoms. The number of hydrogen-bond donors (Lipinski definition) is 1. The lowest BCUT2D eigenvalue weighted by Gasteiger charge is -2.07. The van der Waals surface area contributed by atoms with E-state index in [-0.39, 0.29) is 6.61 Å². The molecule has 0 aliphatic carbocycles. The number of aliphatic hydroxyl groups is 1. The first-order valence-corrected chi connectivity index (χ1v) is 6.99. The van der Waals surface area contributed by atoms with Gasteiger partial charge in [-0.15, -0.1) is 0 Å². The van der Waals surface area contributed by atoms with Crippen molar-refractivity contribution in [3.05, 3.63) is 78.4 Å². The molecule has 0 fully saturated rings. The third-order valence-electron chi connectivity index (χ3n) is 2.85. The number of benzene rings is 2. The largest absolute Gasteiger partial charge is 0.490 e. The Bertz CT molecular complexity index is 523. The topological polar surface area (TPSA) is 38.7 Å². The fourth-order valence-corrected chi connectivity index (χ4v) is 1.80. The summed E-state index contributed by atoms with van der Waals surface area (Å²) >= 11 is 0. The van der Waals surface area contributed by atoms with Crippen LogP contribution in [0.1, 0.15) is 5.56 Å². The Morgan fingerprint density at radius 2 is 1.62 bits per heavy atom. The van der Waals surface area contributed by atoms with Crippen LogP contribution in [0.25, 0.3) is 0 Å². The Hall–Kier alpha value is -2.10. The smallest absolute Gasteiger partial charge is 0.119 e. The van der Waals surface area contributed by atoms with Crippen molar-refractivity contribution in [1.82, 2.24) is 0 Å². The van der Waals surface area contributed by atoms with E-state index in [9.17, 15) is 5.11 Å². The number of aliphatic hydroxyl groups excluding tert-OH is 1. The minimum absolute atomic E-state index is 0.275. The van der Waals surface area contributed by atoms with Crippen LogP contribution in [0, 0.1) is 0 Å². The molecule has 0 spiro atoms. The predicted octanol–water partition coefficient (Wildman–Crippen LogP) is 3.20. The van der Waals surface area contributed by atoms with Gasteiger partial charge in [0, 0.05) is 0 Å². The van der Waals surface area contributed by atoms with Gasteiger partial charge in [-0.25, -0.2) is 0 Å². The summed E-state index contributed by atoms with van der Waals surface area (Å²) in [6.07, 6.45) is 2.87. The molecule has 0 amide bonds. The summed E-state index contributed by atoms with van der Waals surface area (Å²) in [5.41, 5.74) is 1.10. The lowest BCUT2D eigenvalue weighted by Crippen LogP contribution is -2.12. The summed E-state index contributed by atoms with van der Waals surface area (Å²) in [6.45, 7) is 1.21. The third kappa shape index (κ3) is 6.25. The number of ether oxygens (including phenoxy) is 2. The van der Waals surface area contributed by atoms with E-state index >= 15 is 0 Å². The van der Waals surface area contributed by atoms with E-state index in [1.54, 1.807) is 12.2 Å². The quantitative estimate of drug-likeness (QED) is 0.757. The molecule has 21 heavy (non-hydrogen) atoms. The minimum Gasteiger partial charge on any atom is -0.490 e. The molecule has 0 heterocycles. The molecule has 110 valence electrons. The highest BCUT2D eigenvalue weighted by atomic mass is 16.5. The number of rotatable bonds is 8. The van der Waals surface area contributed by atoms with Crippen molar-refractivity contribution in [1.29, 1.82) is 0 Å². The Morgan fingerprint density at radius 3 is 2.33 bits per heavy atom. The van der Waals surface area contributed by atoms with Crippen LogP contribution < -0.4 is 4.74 Å². The molecular formula is C18H20O3. The molecule has 0 saturated heterocycles. The van der Waals surface area contributed by atoms with Crippen LogP contribution in [-0.4, -0.2) is 24.4 Å². The summed E-state index contributed by atoms with van der Waals surface area (Å²) in [7, 11) is 0. The second-order valence-electron chi connectivity index (χ2n) is 4.62. The second kappa shape index (κ2) is 8.95. The van der Waals surface area contributed by atoms with Gasteiger partial charge in [0.2, 0.25) is 0 Å². The molecular weight excluding hydrogens is 264 g/mol. The maximum absolute atomic E-state index is 9.76. The third-order valence-corrected chi connectivity index (χ3v) is 2.85. The van der Waals surface area contributed by atoms with Gasteiger partial charge in [0.05, 0.1) is 19.3 Å². The van der Waals surface area contributed by atoms with Gasteiger partial charge in [0.25, 0.3) is 0 Å². The first-order valence-electron chi connectivity index (χ1n) is 6.99. The Morgan fingerprint density at radius 1 is 0.952 bits per heavy atom. The molecule has 0 aliphatic rings. The van der Waals surface area contributed by atoms with E-state index in [1.165, 1.54) is 0 Å². The van der Waals surface area contributed by atoms with Crippen LogP contribution >= 0.6 is 0 Å². The van der Waals surface area contributed by atoms with Gasteiger partial charge < -0.3 is 14.6 Å². The Kier molecular flexibility index (Phi) is 6.52. The summed E-state index contributed by atoms with van der Waals surface area (Å²) in [6, 6.07) is 19.5. The van der Waals surface area contributed by atoms with Crippen molar-refractivity contribution in [2.45, 2.75) is 12.7 Å². The molecule has 2 aromatic carbocycles. The summed E-state index contributed by atoms with van der Waals surface area (Å²) < 4.78 is 10.9. The van der Waals surface area contributed by atoms with Gasteiger partial charge in [0.15, 0.2) is 0 Å². The van der Waals surface area contributed by atoms with E-state index in [4.69, 9.17) is 9.47 Å². The van der Waals surface area contributed by atoms with Crippen LogP contribution in [0.5, 0.6) is 5.75 Å². The standard InChI is InChI=1S/C18H20O3/c19-17(15-20-14-16-8-3-1-4-9-16)10-7-13-21-18-11-5-2-6-12-18/h1-12,17,19H,13-15H2/b10-7+/t17-/m0/s1. The lowest BCUT2D eigenvalue weighted by molar-refractivity contribution is 0.0501. The Balaban J connectivity index is 1.60. The monoisotopic (exact) mass is 284 g/mol. The average Bonchev–Trinajstić information content (AvgIpc) is 2.54. The Labute approximate surface area is 125 Å². The van der Waals surface area contributed by atoms with Gasteiger partial charge >= 0.3 is 0 Å². The fourth-order valence-electron chi connectivity index (χ4n) is 1.80. The highest BCUT2D eigenvalue weighted by Crippen LogP contribution is 2.08. The summed E-state index contributed by atoms with van der Waals surface area (Å²) in [4.78, 5) is 0. The molecule has 0 unspecified atom stereocenters. The van der Waals surface area contributed by atoms with Crippen molar-refractivity contribution >= 4 is 0 Å². The van der Waals surface area contributed by atoms with E-state index in [0.29, 0.717) is 13.2 Å². The molecule has 0 radical (unpaired) electrons. The maximum Gasteiger partial charge on any atom is 0.119 e. The summed E-state index contributed by atoms with van der Waals surface area (Å²) in [5, 5.41) is 9.76. The molecule has 3 nitrogen and oxygen atoms in total. The van der Waals surface area contributed by atoms with E-state index < -0.39 is 6.10 Å². The summed E-state index contributed by atoms with van der Waals surface area (Å²) in [5.74, 6) is 0.817. The molecule has 0 aromatic heterocycles. The molecule has 1 N–H and O–H groups in total. The van der Waals surface area contributed by atoms with E-state index in [2.05, 4.69) is 0 Å². The van der Waals surface area contributed by atoms with Gasteiger partial charge in [-0.3, -0.25) is 0 Å².